The van der Waals surface area contributed by atoms with Crippen molar-refractivity contribution in [1.82, 2.24) is 4.37 Å². The van der Waals surface area contributed by atoms with Crippen molar-refractivity contribution in [3.63, 3.8) is 0 Å². The van der Waals surface area contributed by atoms with E-state index in [2.05, 4.69) is 25.1 Å². The van der Waals surface area contributed by atoms with Gasteiger partial charge in [0.15, 0.2) is 15.7 Å². The highest BCUT2D eigenvalue weighted by Crippen LogP contribution is 2.42. The van der Waals surface area contributed by atoms with E-state index >= 15 is 0 Å². The van der Waals surface area contributed by atoms with Gasteiger partial charge in [0.2, 0.25) is 0 Å². The van der Waals surface area contributed by atoms with Crippen LogP contribution in [0.25, 0.3) is 0 Å². The van der Waals surface area contributed by atoms with Crippen molar-refractivity contribution in [3.8, 4) is 0 Å². The number of rotatable bonds is 5. The van der Waals surface area contributed by atoms with Crippen molar-refractivity contribution in [1.29, 1.82) is 0 Å². The molecule has 0 saturated heterocycles. The number of hydrogen-bond donors (Lipinski definition) is 1. The van der Waals surface area contributed by atoms with Crippen molar-refractivity contribution in [3.05, 3.63) is 0 Å². The molecule has 0 spiro atoms. The molecule has 0 amide bonds. The molecule has 2 N–H and O–H groups in total. The lowest BCUT2D eigenvalue weighted by Crippen LogP contribution is -2.33. The van der Waals surface area contributed by atoms with E-state index in [4.69, 9.17) is 5.73 Å². The molecule has 1 aliphatic carbocycles. The van der Waals surface area contributed by atoms with Gasteiger partial charge in [-0.1, -0.05) is 13.8 Å². The Morgan fingerprint density at radius 1 is 1.37 bits per heavy atom. The molecule has 1 heterocycles. The number of sulfone groups is 1. The predicted octanol–water partition coefficient (Wildman–Crippen LogP) is 2.14. The lowest BCUT2D eigenvalue weighted by Gasteiger charge is -2.29. The fraction of sp³-hybridized carbons (Fsp3) is 0.750. The van der Waals surface area contributed by atoms with Gasteiger partial charge >= 0.3 is 0 Å². The Hall–Kier alpha value is -0.820. The zero-order valence-corrected chi connectivity index (χ0v) is 13.4. The molecule has 7 heteroatoms. The van der Waals surface area contributed by atoms with Crippen LogP contribution in [-0.4, -0.2) is 31.1 Å². The summed E-state index contributed by atoms with van der Waals surface area (Å²) in [6.45, 7) is 6.30. The maximum Gasteiger partial charge on any atom is 0.187 e. The van der Waals surface area contributed by atoms with Gasteiger partial charge in [-0.2, -0.15) is 4.37 Å². The lowest BCUT2D eigenvalue weighted by atomic mass is 10.1. The Bertz CT molecular complexity index is 562. The third-order valence-electron chi connectivity index (χ3n) is 3.80. The maximum atomic E-state index is 12.5. The van der Waals surface area contributed by atoms with Crippen molar-refractivity contribution >= 4 is 32.2 Å². The van der Waals surface area contributed by atoms with Gasteiger partial charge in [-0.25, -0.2) is 8.42 Å². The first-order valence-electron chi connectivity index (χ1n) is 6.48. The van der Waals surface area contributed by atoms with E-state index in [1.807, 2.05) is 11.9 Å². The Balaban J connectivity index is 2.43. The van der Waals surface area contributed by atoms with Gasteiger partial charge < -0.3 is 10.6 Å². The summed E-state index contributed by atoms with van der Waals surface area (Å²) in [4.78, 5) is 2.23. The minimum Gasteiger partial charge on any atom is -0.382 e. The number of nitrogen functional groups attached to an aromatic ring is 1. The minimum atomic E-state index is -3.31. The molecule has 1 saturated carbocycles. The van der Waals surface area contributed by atoms with Crippen LogP contribution in [0.15, 0.2) is 4.90 Å². The van der Waals surface area contributed by atoms with Crippen LogP contribution in [0.3, 0.4) is 0 Å². The fourth-order valence-electron chi connectivity index (χ4n) is 1.95. The summed E-state index contributed by atoms with van der Waals surface area (Å²) in [7, 11) is -1.40. The molecule has 5 nitrogen and oxygen atoms in total. The van der Waals surface area contributed by atoms with Gasteiger partial charge in [0.25, 0.3) is 0 Å². The largest absolute Gasteiger partial charge is 0.382 e. The summed E-state index contributed by atoms with van der Waals surface area (Å²) >= 11 is 1.17. The van der Waals surface area contributed by atoms with Crippen LogP contribution >= 0.6 is 11.5 Å². The molecule has 1 aromatic heterocycles. The van der Waals surface area contributed by atoms with Crippen LogP contribution in [0.5, 0.6) is 0 Å². The second-order valence-electron chi connectivity index (χ2n) is 5.54. The van der Waals surface area contributed by atoms with Gasteiger partial charge in [0.05, 0.1) is 5.25 Å². The molecular weight excluding hydrogens is 282 g/mol. The molecular formula is C12H21N3O2S2. The lowest BCUT2D eigenvalue weighted by molar-refractivity contribution is 0.505. The molecule has 1 fully saturated rings. The van der Waals surface area contributed by atoms with Crippen LogP contribution in [0.1, 0.15) is 33.6 Å². The average molecular weight is 303 g/mol. The molecule has 0 bridgehead atoms. The molecule has 0 radical (unpaired) electrons. The van der Waals surface area contributed by atoms with Crippen LogP contribution in [-0.2, 0) is 9.84 Å². The Kier molecular flexibility index (Phi) is 3.79. The summed E-state index contributed by atoms with van der Waals surface area (Å²) in [6.07, 6.45) is 1.47. The minimum absolute atomic E-state index is 0.148. The van der Waals surface area contributed by atoms with Crippen LogP contribution in [0.4, 0.5) is 10.8 Å². The third kappa shape index (κ3) is 2.58. The van der Waals surface area contributed by atoms with Crippen LogP contribution in [0, 0.1) is 5.92 Å². The zero-order valence-electron chi connectivity index (χ0n) is 11.8. The Morgan fingerprint density at radius 3 is 2.42 bits per heavy atom. The van der Waals surface area contributed by atoms with E-state index in [1.54, 1.807) is 0 Å². The van der Waals surface area contributed by atoms with Gasteiger partial charge in [-0.05, 0) is 37.2 Å². The SMILES string of the molecule is CC(C)C(C)N(C)c1snc(N)c1S(=O)(=O)C1CC1. The smallest absolute Gasteiger partial charge is 0.187 e. The molecule has 1 atom stereocenters. The van der Waals surface area contributed by atoms with Gasteiger partial charge in [-0.3, -0.25) is 0 Å². The predicted molar refractivity (Wildman–Crippen MR) is 79.4 cm³/mol. The Labute approximate surface area is 118 Å². The monoisotopic (exact) mass is 303 g/mol. The van der Waals surface area contributed by atoms with Crippen molar-refractivity contribution in [2.24, 2.45) is 5.92 Å². The highest BCUT2D eigenvalue weighted by atomic mass is 32.2. The van der Waals surface area contributed by atoms with Crippen LogP contribution in [0.2, 0.25) is 0 Å². The molecule has 0 aliphatic heterocycles. The fourth-order valence-corrected chi connectivity index (χ4v) is 5.05. The van der Waals surface area contributed by atoms with E-state index < -0.39 is 9.84 Å². The zero-order chi connectivity index (χ0) is 14.4. The van der Waals surface area contributed by atoms with E-state index in [-0.39, 0.29) is 22.0 Å². The van der Waals surface area contributed by atoms with E-state index in [0.29, 0.717) is 10.9 Å². The normalized spacial score (nSPS) is 17.7. The number of anilines is 2. The second kappa shape index (κ2) is 4.94. The number of aromatic nitrogens is 1. The third-order valence-corrected chi connectivity index (χ3v) is 7.20. The number of nitrogens with zero attached hydrogens (tertiary/aromatic N) is 2. The molecule has 1 unspecified atom stereocenters. The summed E-state index contributed by atoms with van der Waals surface area (Å²) < 4.78 is 29.0. The second-order valence-corrected chi connectivity index (χ2v) is 8.46. The standard InChI is InChI=1S/C12H21N3O2S2/c1-7(2)8(3)15(4)12-10(11(13)14-18-12)19(16,17)9-5-6-9/h7-9H,5-6H2,1-4H3,(H2,13,14). The molecule has 2 rings (SSSR count). The summed E-state index contributed by atoms with van der Waals surface area (Å²) in [6, 6.07) is 0.230. The number of hydrogen-bond acceptors (Lipinski definition) is 6. The van der Waals surface area contributed by atoms with Crippen molar-refractivity contribution in [2.75, 3.05) is 17.7 Å². The molecule has 1 aromatic rings. The molecule has 19 heavy (non-hydrogen) atoms. The quantitative estimate of drug-likeness (QED) is 0.902. The highest BCUT2D eigenvalue weighted by molar-refractivity contribution is 7.92. The number of nitrogens with two attached hydrogens (primary N) is 1. The summed E-state index contributed by atoms with van der Waals surface area (Å²) in [5.41, 5.74) is 5.80. The molecule has 0 aromatic carbocycles. The van der Waals surface area contributed by atoms with Crippen molar-refractivity contribution in [2.45, 2.75) is 49.8 Å². The van der Waals surface area contributed by atoms with Gasteiger partial charge in [0, 0.05) is 13.1 Å². The topological polar surface area (TPSA) is 76.3 Å². The molecule has 108 valence electrons. The molecule has 1 aliphatic rings. The Morgan fingerprint density at radius 2 is 1.95 bits per heavy atom. The highest BCUT2D eigenvalue weighted by Gasteiger charge is 2.41. The van der Waals surface area contributed by atoms with E-state index in [1.165, 1.54) is 11.5 Å². The summed E-state index contributed by atoms with van der Waals surface area (Å²) in [5.74, 6) is 0.569. The van der Waals surface area contributed by atoms with Gasteiger partial charge in [-0.15, -0.1) is 0 Å². The maximum absolute atomic E-state index is 12.5. The van der Waals surface area contributed by atoms with Crippen molar-refractivity contribution < 1.29 is 8.42 Å². The van der Waals surface area contributed by atoms with Gasteiger partial charge in [0.1, 0.15) is 9.90 Å². The van der Waals surface area contributed by atoms with E-state index in [9.17, 15) is 8.42 Å². The first kappa shape index (κ1) is 14.6. The van der Waals surface area contributed by atoms with E-state index in [0.717, 1.165) is 12.8 Å². The van der Waals surface area contributed by atoms with Crippen LogP contribution < -0.4 is 10.6 Å². The summed E-state index contributed by atoms with van der Waals surface area (Å²) in [5, 5.41) is 0.415. The first-order valence-corrected chi connectivity index (χ1v) is 8.80. The average Bonchev–Trinajstić information content (AvgIpc) is 3.11. The first-order chi connectivity index (χ1) is 8.76.